The Morgan fingerprint density at radius 3 is 2.78 bits per heavy atom. The van der Waals surface area contributed by atoms with E-state index in [9.17, 15) is 9.59 Å². The number of H-pyrrole nitrogens is 1. The summed E-state index contributed by atoms with van der Waals surface area (Å²) in [7, 11) is 1.29. The van der Waals surface area contributed by atoms with Gasteiger partial charge in [-0.2, -0.15) is 0 Å². The number of esters is 1. The zero-order valence-corrected chi connectivity index (χ0v) is 19.2. The van der Waals surface area contributed by atoms with Gasteiger partial charge in [-0.3, -0.25) is 4.79 Å². The minimum Gasteiger partial charge on any atom is -0.465 e. The number of thiazole rings is 1. The lowest BCUT2D eigenvalue weighted by molar-refractivity contribution is 0.0605. The topological polar surface area (TPSA) is 98.1 Å². The lowest BCUT2D eigenvalue weighted by atomic mass is 10.2. The van der Waals surface area contributed by atoms with Crippen molar-refractivity contribution in [1.29, 1.82) is 0 Å². The van der Waals surface area contributed by atoms with E-state index in [1.807, 2.05) is 30.3 Å². The molecule has 32 heavy (non-hydrogen) atoms. The molecule has 0 bridgehead atoms. The minimum absolute atomic E-state index is 0.180. The van der Waals surface area contributed by atoms with Crippen LogP contribution in [0.25, 0.3) is 42.3 Å². The molecule has 0 atom stereocenters. The fourth-order valence-electron chi connectivity index (χ4n) is 3.26. The molecule has 1 N–H and O–H groups in total. The number of methoxy groups -OCH3 is 1. The van der Waals surface area contributed by atoms with Gasteiger partial charge in [-0.25, -0.2) is 14.8 Å². The van der Waals surface area contributed by atoms with Gasteiger partial charge in [0.2, 0.25) is 0 Å². The number of ether oxygens (including phenoxy) is 1. The molecule has 0 saturated carbocycles. The maximum absolute atomic E-state index is 12.6. The van der Waals surface area contributed by atoms with Crippen LogP contribution < -0.4 is 5.56 Å². The SMILES string of the molecule is COC(=O)c1sc2nc(/C(Cl)=C/c3ccc(-c4nc5ccccc5s4)o3)[nH]c(=O)c2c1C. The predicted molar refractivity (Wildman–Crippen MR) is 127 cm³/mol. The molecule has 0 unspecified atom stereocenters. The summed E-state index contributed by atoms with van der Waals surface area (Å²) in [6.07, 6.45) is 1.57. The summed E-state index contributed by atoms with van der Waals surface area (Å²) >= 11 is 9.06. The van der Waals surface area contributed by atoms with Gasteiger partial charge in [-0.15, -0.1) is 22.7 Å². The Kier molecular flexibility index (Phi) is 5.16. The first-order valence-corrected chi connectivity index (χ1v) is 11.4. The second-order valence-electron chi connectivity index (χ2n) is 6.82. The van der Waals surface area contributed by atoms with Crippen LogP contribution in [0.5, 0.6) is 0 Å². The monoisotopic (exact) mass is 483 g/mol. The summed E-state index contributed by atoms with van der Waals surface area (Å²) in [4.78, 5) is 37.0. The van der Waals surface area contributed by atoms with Crippen molar-refractivity contribution in [2.75, 3.05) is 7.11 Å². The number of furan rings is 1. The molecule has 0 radical (unpaired) electrons. The van der Waals surface area contributed by atoms with Crippen molar-refractivity contribution in [3.8, 4) is 10.8 Å². The summed E-state index contributed by atoms with van der Waals surface area (Å²) in [5.41, 5.74) is 1.06. The van der Waals surface area contributed by atoms with Gasteiger partial charge in [0, 0.05) is 6.08 Å². The molecular formula is C22H14ClN3O4S2. The molecule has 0 aliphatic rings. The fourth-order valence-corrected chi connectivity index (χ4v) is 5.49. The molecule has 0 saturated heterocycles. The van der Waals surface area contributed by atoms with Crippen LogP contribution in [0, 0.1) is 6.92 Å². The van der Waals surface area contributed by atoms with E-state index >= 15 is 0 Å². The summed E-state index contributed by atoms with van der Waals surface area (Å²) < 4.78 is 11.7. The number of hydrogen-bond donors (Lipinski definition) is 1. The van der Waals surface area contributed by atoms with Crippen LogP contribution in [-0.4, -0.2) is 28.0 Å². The number of thiophene rings is 1. The van der Waals surface area contributed by atoms with Crippen molar-refractivity contribution in [2.45, 2.75) is 6.92 Å². The number of rotatable bonds is 4. The number of carbonyl (C=O) groups excluding carboxylic acids is 1. The smallest absolute Gasteiger partial charge is 0.348 e. The highest BCUT2D eigenvalue weighted by Crippen LogP contribution is 2.33. The summed E-state index contributed by atoms with van der Waals surface area (Å²) in [5, 5.41) is 1.30. The van der Waals surface area contributed by atoms with Gasteiger partial charge in [0.25, 0.3) is 5.56 Å². The van der Waals surface area contributed by atoms with E-state index < -0.39 is 5.97 Å². The maximum Gasteiger partial charge on any atom is 0.348 e. The number of halogens is 1. The van der Waals surface area contributed by atoms with Crippen LogP contribution in [0.4, 0.5) is 0 Å². The fraction of sp³-hybridized carbons (Fsp3) is 0.0909. The van der Waals surface area contributed by atoms with Crippen molar-refractivity contribution in [3.63, 3.8) is 0 Å². The first-order valence-electron chi connectivity index (χ1n) is 9.39. The molecule has 5 aromatic rings. The molecule has 7 nitrogen and oxygen atoms in total. The van der Waals surface area contributed by atoms with Crippen LogP contribution >= 0.6 is 34.3 Å². The summed E-state index contributed by atoms with van der Waals surface area (Å²) in [6, 6.07) is 11.5. The third kappa shape index (κ3) is 3.54. The van der Waals surface area contributed by atoms with Crippen LogP contribution in [-0.2, 0) is 4.74 Å². The summed E-state index contributed by atoms with van der Waals surface area (Å²) in [6.45, 7) is 1.69. The maximum atomic E-state index is 12.6. The normalized spacial score (nSPS) is 12.0. The highest BCUT2D eigenvalue weighted by Gasteiger charge is 2.20. The molecule has 4 aromatic heterocycles. The van der Waals surface area contributed by atoms with Crippen LogP contribution in [0.3, 0.4) is 0 Å². The van der Waals surface area contributed by atoms with Crippen LogP contribution in [0.2, 0.25) is 0 Å². The van der Waals surface area contributed by atoms with E-state index in [1.54, 1.807) is 19.1 Å². The number of nitrogens with zero attached hydrogens (tertiary/aromatic N) is 2. The van der Waals surface area contributed by atoms with Crippen molar-refractivity contribution < 1.29 is 13.9 Å². The molecule has 0 fully saturated rings. The number of hydrogen-bond acceptors (Lipinski definition) is 8. The molecule has 1 aromatic carbocycles. The number of carbonyl (C=O) groups is 1. The predicted octanol–water partition coefficient (Wildman–Crippen LogP) is 5.69. The first kappa shape index (κ1) is 20.6. The first-order chi connectivity index (χ1) is 15.4. The Hall–Kier alpha value is -3.27. The van der Waals surface area contributed by atoms with E-state index in [-0.39, 0.29) is 16.4 Å². The molecule has 0 spiro atoms. The van der Waals surface area contributed by atoms with Crippen molar-refractivity contribution in [2.24, 2.45) is 0 Å². The molecule has 0 amide bonds. The van der Waals surface area contributed by atoms with Gasteiger partial charge in [0.1, 0.15) is 15.5 Å². The second kappa shape index (κ2) is 8.01. The Bertz CT molecular complexity index is 1560. The van der Waals surface area contributed by atoms with Crippen molar-refractivity contribution >= 4 is 71.8 Å². The van der Waals surface area contributed by atoms with E-state index in [0.29, 0.717) is 32.2 Å². The molecule has 160 valence electrons. The standard InChI is InChI=1S/C22H14ClN3O4S2/c1-10-16-19(27)25-18(26-21(16)32-17(10)22(28)29-2)12(23)9-11-7-8-14(30-11)20-24-13-5-3-4-6-15(13)31-20/h3-9H,1-2H3,(H,25,26,27)/b12-9-. The average Bonchev–Trinajstić information content (AvgIpc) is 3.50. The highest BCUT2D eigenvalue weighted by molar-refractivity contribution is 7.21. The largest absolute Gasteiger partial charge is 0.465 e. The van der Waals surface area contributed by atoms with Gasteiger partial charge in [-0.1, -0.05) is 23.7 Å². The van der Waals surface area contributed by atoms with E-state index in [1.165, 1.54) is 18.4 Å². The number of benzene rings is 1. The Balaban J connectivity index is 1.50. The molecule has 0 aliphatic heterocycles. The van der Waals surface area contributed by atoms with Gasteiger partial charge >= 0.3 is 5.97 Å². The number of aryl methyl sites for hydroxylation is 1. The number of aromatic nitrogens is 3. The van der Waals surface area contributed by atoms with Gasteiger partial charge in [0.05, 0.1) is 27.7 Å². The molecular weight excluding hydrogens is 470 g/mol. The average molecular weight is 484 g/mol. The quantitative estimate of drug-likeness (QED) is 0.330. The van der Waals surface area contributed by atoms with E-state index in [4.69, 9.17) is 20.8 Å². The molecule has 5 rings (SSSR count). The lowest BCUT2D eigenvalue weighted by Crippen LogP contribution is -2.10. The third-order valence-electron chi connectivity index (χ3n) is 4.80. The third-order valence-corrected chi connectivity index (χ3v) is 7.30. The minimum atomic E-state index is -0.508. The number of aromatic amines is 1. The summed E-state index contributed by atoms with van der Waals surface area (Å²) in [5.74, 6) is 0.783. The highest BCUT2D eigenvalue weighted by atomic mass is 35.5. The molecule has 10 heteroatoms. The van der Waals surface area contributed by atoms with Crippen LogP contribution in [0.15, 0.2) is 45.6 Å². The van der Waals surface area contributed by atoms with Gasteiger partial charge in [-0.05, 0) is 36.8 Å². The second-order valence-corrected chi connectivity index (χ2v) is 9.26. The molecule has 0 aliphatic carbocycles. The lowest BCUT2D eigenvalue weighted by Gasteiger charge is -1.99. The van der Waals surface area contributed by atoms with Gasteiger partial charge < -0.3 is 14.1 Å². The zero-order valence-electron chi connectivity index (χ0n) is 16.8. The van der Waals surface area contributed by atoms with E-state index in [2.05, 4.69) is 15.0 Å². The van der Waals surface area contributed by atoms with Gasteiger partial charge in [0.15, 0.2) is 16.6 Å². The zero-order chi connectivity index (χ0) is 22.4. The number of fused-ring (bicyclic) bond motifs is 2. The van der Waals surface area contributed by atoms with Crippen molar-refractivity contribution in [3.05, 3.63) is 68.8 Å². The number of para-hydroxylation sites is 1. The van der Waals surface area contributed by atoms with Crippen molar-refractivity contribution in [1.82, 2.24) is 15.0 Å². The Morgan fingerprint density at radius 2 is 2.00 bits per heavy atom. The Morgan fingerprint density at radius 1 is 1.19 bits per heavy atom. The molecule has 4 heterocycles. The van der Waals surface area contributed by atoms with E-state index in [0.717, 1.165) is 26.6 Å². The van der Waals surface area contributed by atoms with Crippen LogP contribution in [0.1, 0.15) is 26.8 Å². The Labute approximate surface area is 194 Å². The number of nitrogens with one attached hydrogen (secondary N) is 1.